The number of thiazole rings is 1. The van der Waals surface area contributed by atoms with Crippen LogP contribution in [0.25, 0.3) is 10.2 Å². The van der Waals surface area contributed by atoms with E-state index in [1.165, 1.54) is 11.8 Å². The van der Waals surface area contributed by atoms with E-state index in [9.17, 15) is 0 Å². The van der Waals surface area contributed by atoms with Gasteiger partial charge < -0.3 is 5.73 Å². The van der Waals surface area contributed by atoms with Crippen LogP contribution in [0.5, 0.6) is 0 Å². The number of rotatable bonds is 2. The highest BCUT2D eigenvalue weighted by Gasteiger charge is 2.07. The molecule has 4 nitrogen and oxygen atoms in total. The van der Waals surface area contributed by atoms with Gasteiger partial charge in [0.25, 0.3) is 0 Å². The Morgan fingerprint density at radius 3 is 3.00 bits per heavy atom. The van der Waals surface area contributed by atoms with E-state index in [1.807, 2.05) is 18.2 Å². The number of hydrogen-bond acceptors (Lipinski definition) is 6. The summed E-state index contributed by atoms with van der Waals surface area (Å²) >= 11 is 3.02. The summed E-state index contributed by atoms with van der Waals surface area (Å²) in [4.78, 5) is 8.73. The van der Waals surface area contributed by atoms with Crippen LogP contribution < -0.4 is 5.73 Å². The zero-order chi connectivity index (χ0) is 13.2. The highest BCUT2D eigenvalue weighted by Crippen LogP contribution is 2.34. The van der Waals surface area contributed by atoms with E-state index >= 15 is 0 Å². The Balaban J connectivity index is 1.94. The topological polar surface area (TPSA) is 75.6 Å². The van der Waals surface area contributed by atoms with Gasteiger partial charge in [0.05, 0.1) is 21.8 Å². The fraction of sp³-hybridized carbons (Fsp3) is 0. The quantitative estimate of drug-likeness (QED) is 0.731. The van der Waals surface area contributed by atoms with Gasteiger partial charge in [0, 0.05) is 11.9 Å². The number of nitrogen functional groups attached to an aromatic ring is 1. The molecule has 0 saturated heterocycles. The van der Waals surface area contributed by atoms with Gasteiger partial charge in [0.15, 0.2) is 4.34 Å². The first kappa shape index (κ1) is 12.0. The van der Waals surface area contributed by atoms with Crippen LogP contribution in [-0.2, 0) is 0 Å². The smallest absolute Gasteiger partial charge is 0.157 e. The number of hydrogen-bond donors (Lipinski definition) is 1. The molecule has 0 fully saturated rings. The van der Waals surface area contributed by atoms with Crippen LogP contribution >= 0.6 is 23.1 Å². The van der Waals surface area contributed by atoms with Crippen LogP contribution in [0, 0.1) is 11.3 Å². The van der Waals surface area contributed by atoms with E-state index in [1.54, 1.807) is 29.7 Å². The molecule has 19 heavy (non-hydrogen) atoms. The van der Waals surface area contributed by atoms with E-state index in [2.05, 4.69) is 16.0 Å². The predicted octanol–water partition coefficient (Wildman–Crippen LogP) is 3.30. The maximum absolute atomic E-state index is 8.86. The van der Waals surface area contributed by atoms with Crippen molar-refractivity contribution in [3.63, 3.8) is 0 Å². The first-order chi connectivity index (χ1) is 9.24. The Hall–Kier alpha value is -2.10. The number of nitrogens with zero attached hydrogens (tertiary/aromatic N) is 3. The van der Waals surface area contributed by atoms with Gasteiger partial charge >= 0.3 is 0 Å². The molecule has 0 amide bonds. The van der Waals surface area contributed by atoms with E-state index in [-0.39, 0.29) is 0 Å². The summed E-state index contributed by atoms with van der Waals surface area (Å²) < 4.78 is 1.95. The van der Waals surface area contributed by atoms with Crippen LogP contribution in [-0.4, -0.2) is 9.97 Å². The van der Waals surface area contributed by atoms with Crippen molar-refractivity contribution in [2.45, 2.75) is 9.37 Å². The van der Waals surface area contributed by atoms with Crippen molar-refractivity contribution in [3.05, 3.63) is 42.1 Å². The SMILES string of the molecule is N#Cc1ccnc(Sc2nc3ccc(N)cc3s2)c1. The zero-order valence-electron chi connectivity index (χ0n) is 9.70. The van der Waals surface area contributed by atoms with Crippen molar-refractivity contribution in [1.29, 1.82) is 5.26 Å². The summed E-state index contributed by atoms with van der Waals surface area (Å²) in [5, 5.41) is 9.63. The summed E-state index contributed by atoms with van der Waals surface area (Å²) in [6.07, 6.45) is 1.63. The van der Waals surface area contributed by atoms with Crippen molar-refractivity contribution >= 4 is 39.0 Å². The lowest BCUT2D eigenvalue weighted by atomic mass is 10.3. The molecule has 3 aromatic rings. The molecule has 0 atom stereocenters. The number of nitriles is 1. The molecule has 1 aromatic carbocycles. The Bertz CT molecular complexity index is 789. The monoisotopic (exact) mass is 284 g/mol. The van der Waals surface area contributed by atoms with Crippen LogP contribution in [0.2, 0.25) is 0 Å². The predicted molar refractivity (Wildman–Crippen MR) is 77.1 cm³/mol. The number of fused-ring (bicyclic) bond motifs is 1. The maximum atomic E-state index is 8.86. The van der Waals surface area contributed by atoms with Crippen LogP contribution in [0.3, 0.4) is 0 Å². The fourth-order valence-electron chi connectivity index (χ4n) is 1.59. The largest absolute Gasteiger partial charge is 0.399 e. The minimum atomic E-state index is 0.600. The molecule has 0 aliphatic carbocycles. The summed E-state index contributed by atoms with van der Waals surface area (Å²) in [5.41, 5.74) is 8.01. The molecule has 0 spiro atoms. The molecule has 3 rings (SSSR count). The zero-order valence-corrected chi connectivity index (χ0v) is 11.3. The second-order valence-electron chi connectivity index (χ2n) is 3.80. The Kier molecular flexibility index (Phi) is 3.07. The number of nitrogens with two attached hydrogens (primary N) is 1. The molecular weight excluding hydrogens is 276 g/mol. The Morgan fingerprint density at radius 1 is 1.26 bits per heavy atom. The summed E-state index contributed by atoms with van der Waals surface area (Å²) in [6, 6.07) is 11.2. The van der Waals surface area contributed by atoms with Gasteiger partial charge in [-0.05, 0) is 42.1 Å². The van der Waals surface area contributed by atoms with Gasteiger partial charge in [-0.3, -0.25) is 0 Å². The third-order valence-corrected chi connectivity index (χ3v) is 4.46. The lowest BCUT2D eigenvalue weighted by molar-refractivity contribution is 1.12. The molecule has 0 radical (unpaired) electrons. The summed E-state index contributed by atoms with van der Waals surface area (Å²) in [7, 11) is 0. The van der Waals surface area contributed by atoms with Gasteiger partial charge in [0.1, 0.15) is 5.03 Å². The molecule has 92 valence electrons. The number of benzene rings is 1. The lowest BCUT2D eigenvalue weighted by Gasteiger charge is -1.95. The Labute approximate surface area is 117 Å². The fourth-order valence-corrected chi connectivity index (χ4v) is 3.65. The molecule has 0 saturated carbocycles. The van der Waals surface area contributed by atoms with Crippen molar-refractivity contribution in [1.82, 2.24) is 9.97 Å². The van der Waals surface area contributed by atoms with E-state index in [0.29, 0.717) is 5.56 Å². The second kappa shape index (κ2) is 4.88. The number of anilines is 1. The van der Waals surface area contributed by atoms with E-state index < -0.39 is 0 Å². The van der Waals surface area contributed by atoms with Crippen molar-refractivity contribution < 1.29 is 0 Å². The molecule has 0 unspecified atom stereocenters. The molecule has 6 heteroatoms. The van der Waals surface area contributed by atoms with E-state index in [0.717, 1.165) is 25.3 Å². The highest BCUT2D eigenvalue weighted by atomic mass is 32.2. The maximum Gasteiger partial charge on any atom is 0.157 e. The van der Waals surface area contributed by atoms with Gasteiger partial charge in [-0.25, -0.2) is 9.97 Å². The van der Waals surface area contributed by atoms with Crippen LogP contribution in [0.4, 0.5) is 5.69 Å². The van der Waals surface area contributed by atoms with Gasteiger partial charge in [-0.2, -0.15) is 5.26 Å². The normalized spacial score (nSPS) is 10.5. The number of pyridine rings is 1. The third-order valence-electron chi connectivity index (χ3n) is 2.45. The Morgan fingerprint density at radius 2 is 2.16 bits per heavy atom. The second-order valence-corrected chi connectivity index (χ2v) is 6.10. The minimum absolute atomic E-state index is 0.600. The summed E-state index contributed by atoms with van der Waals surface area (Å²) in [5.74, 6) is 0. The first-order valence-corrected chi connectivity index (χ1v) is 7.08. The molecule has 2 N–H and O–H groups in total. The van der Waals surface area contributed by atoms with Crippen LogP contribution in [0.15, 0.2) is 45.9 Å². The van der Waals surface area contributed by atoms with Crippen molar-refractivity contribution in [3.8, 4) is 6.07 Å². The molecule has 0 aliphatic rings. The van der Waals surface area contributed by atoms with Crippen molar-refractivity contribution in [2.24, 2.45) is 0 Å². The molecular formula is C13H8N4S2. The van der Waals surface area contributed by atoms with Crippen molar-refractivity contribution in [2.75, 3.05) is 5.73 Å². The lowest BCUT2D eigenvalue weighted by Crippen LogP contribution is -1.82. The standard InChI is InChI=1S/C13H8N4S2/c14-7-8-3-4-16-12(5-8)19-13-17-10-2-1-9(15)6-11(10)18-13/h1-6H,15H2. The molecule has 2 heterocycles. The van der Waals surface area contributed by atoms with Gasteiger partial charge in [-0.15, -0.1) is 11.3 Å². The highest BCUT2D eigenvalue weighted by molar-refractivity contribution is 8.01. The van der Waals surface area contributed by atoms with Gasteiger partial charge in [0.2, 0.25) is 0 Å². The van der Waals surface area contributed by atoms with Gasteiger partial charge in [-0.1, -0.05) is 0 Å². The average molecular weight is 284 g/mol. The number of aromatic nitrogens is 2. The average Bonchev–Trinajstić information content (AvgIpc) is 2.80. The molecule has 2 aromatic heterocycles. The first-order valence-electron chi connectivity index (χ1n) is 5.45. The van der Waals surface area contributed by atoms with Crippen LogP contribution in [0.1, 0.15) is 5.56 Å². The molecule has 0 aliphatic heterocycles. The molecule has 0 bridgehead atoms. The summed E-state index contributed by atoms with van der Waals surface area (Å²) in [6.45, 7) is 0. The third kappa shape index (κ3) is 2.52. The van der Waals surface area contributed by atoms with E-state index in [4.69, 9.17) is 11.0 Å². The minimum Gasteiger partial charge on any atom is -0.399 e.